The summed E-state index contributed by atoms with van der Waals surface area (Å²) in [7, 11) is 1.90. The highest BCUT2D eigenvalue weighted by Crippen LogP contribution is 2.29. The smallest absolute Gasteiger partial charge is 0.149 e. The number of aliphatic hydroxyl groups is 1. The minimum Gasteiger partial charge on any atom is -0.396 e. The molecule has 0 fully saturated rings. The largest absolute Gasteiger partial charge is 0.396 e. The number of anilines is 2. The Morgan fingerprint density at radius 3 is 2.65 bits per heavy atom. The minimum absolute atomic E-state index is 0.233. The summed E-state index contributed by atoms with van der Waals surface area (Å²) in [5.41, 5.74) is 5.64. The van der Waals surface area contributed by atoms with E-state index in [-0.39, 0.29) is 12.4 Å². The number of nitrogen functional groups attached to an aromatic ring is 1. The molecule has 1 aromatic rings. The van der Waals surface area contributed by atoms with E-state index in [0.717, 1.165) is 25.8 Å². The van der Waals surface area contributed by atoms with Gasteiger partial charge < -0.3 is 15.7 Å². The molecule has 0 aliphatic rings. The standard InChI is InChI=1S/C11H17Cl2N3O/c1-16(5-3-2-4-6-17)11-9(13)7-8(12)10(14)15-11/h7,17H,2-6H2,1H3,(H2,14,15). The van der Waals surface area contributed by atoms with E-state index in [1.807, 2.05) is 11.9 Å². The highest BCUT2D eigenvalue weighted by molar-refractivity contribution is 6.37. The number of nitrogens with zero attached hydrogens (tertiary/aromatic N) is 2. The fourth-order valence-corrected chi connectivity index (χ4v) is 1.98. The maximum atomic E-state index is 8.68. The van der Waals surface area contributed by atoms with E-state index in [0.29, 0.717) is 15.9 Å². The van der Waals surface area contributed by atoms with Crippen molar-refractivity contribution >= 4 is 34.8 Å². The highest BCUT2D eigenvalue weighted by atomic mass is 35.5. The lowest BCUT2D eigenvalue weighted by Crippen LogP contribution is -2.20. The van der Waals surface area contributed by atoms with Crippen LogP contribution in [0, 0.1) is 0 Å². The molecule has 0 aliphatic heterocycles. The number of pyridine rings is 1. The summed E-state index contributed by atoms with van der Waals surface area (Å²) in [5.74, 6) is 0.922. The Labute approximate surface area is 111 Å². The molecule has 1 rings (SSSR count). The summed E-state index contributed by atoms with van der Waals surface area (Å²) in [5, 5.41) is 9.54. The molecule has 0 unspecified atom stereocenters. The van der Waals surface area contributed by atoms with Gasteiger partial charge in [0, 0.05) is 20.2 Å². The number of hydrogen-bond acceptors (Lipinski definition) is 4. The predicted molar refractivity (Wildman–Crippen MR) is 72.9 cm³/mol. The molecule has 0 bridgehead atoms. The van der Waals surface area contributed by atoms with E-state index in [1.54, 1.807) is 6.07 Å². The second kappa shape index (κ2) is 6.89. The number of halogens is 2. The lowest BCUT2D eigenvalue weighted by Gasteiger charge is -2.19. The Hall–Kier alpha value is -0.710. The fraction of sp³-hybridized carbons (Fsp3) is 0.545. The van der Waals surface area contributed by atoms with Gasteiger partial charge in [0.25, 0.3) is 0 Å². The molecule has 0 aliphatic carbocycles. The highest BCUT2D eigenvalue weighted by Gasteiger charge is 2.10. The van der Waals surface area contributed by atoms with E-state index in [9.17, 15) is 0 Å². The predicted octanol–water partition coefficient (Wildman–Crippen LogP) is 2.57. The molecular weight excluding hydrogens is 261 g/mol. The summed E-state index contributed by atoms with van der Waals surface area (Å²) < 4.78 is 0. The summed E-state index contributed by atoms with van der Waals surface area (Å²) >= 11 is 11.9. The van der Waals surface area contributed by atoms with Gasteiger partial charge in [0.05, 0.1) is 10.0 Å². The van der Waals surface area contributed by atoms with Gasteiger partial charge in [-0.05, 0) is 25.3 Å². The van der Waals surface area contributed by atoms with E-state index in [4.69, 9.17) is 34.0 Å². The van der Waals surface area contributed by atoms with Crippen LogP contribution in [0.1, 0.15) is 19.3 Å². The van der Waals surface area contributed by atoms with Gasteiger partial charge in [-0.25, -0.2) is 4.98 Å². The van der Waals surface area contributed by atoms with E-state index in [1.165, 1.54) is 0 Å². The Morgan fingerprint density at radius 1 is 1.29 bits per heavy atom. The van der Waals surface area contributed by atoms with E-state index in [2.05, 4.69) is 4.98 Å². The molecule has 96 valence electrons. The first kappa shape index (κ1) is 14.4. The number of rotatable bonds is 6. The fourth-order valence-electron chi connectivity index (χ4n) is 1.48. The van der Waals surface area contributed by atoms with Crippen molar-refractivity contribution in [2.75, 3.05) is 30.8 Å². The van der Waals surface area contributed by atoms with Gasteiger partial charge in [-0.15, -0.1) is 0 Å². The van der Waals surface area contributed by atoms with Crippen molar-refractivity contribution in [1.82, 2.24) is 4.98 Å². The number of aromatic nitrogens is 1. The van der Waals surface area contributed by atoms with Crippen LogP contribution in [0.4, 0.5) is 11.6 Å². The normalized spacial score (nSPS) is 10.6. The summed E-state index contributed by atoms with van der Waals surface area (Å²) in [4.78, 5) is 6.10. The summed E-state index contributed by atoms with van der Waals surface area (Å²) in [6.07, 6.45) is 2.76. The molecule has 0 amide bonds. The van der Waals surface area contributed by atoms with Crippen molar-refractivity contribution in [1.29, 1.82) is 0 Å². The number of unbranched alkanes of at least 4 members (excludes halogenated alkanes) is 2. The zero-order valence-electron chi connectivity index (χ0n) is 9.79. The van der Waals surface area contributed by atoms with Crippen molar-refractivity contribution in [2.45, 2.75) is 19.3 Å². The van der Waals surface area contributed by atoms with E-state index < -0.39 is 0 Å². The first-order valence-corrected chi connectivity index (χ1v) is 6.25. The molecule has 0 saturated carbocycles. The van der Waals surface area contributed by atoms with Gasteiger partial charge in [0.1, 0.15) is 11.6 Å². The SMILES string of the molecule is CN(CCCCCO)c1nc(N)c(Cl)cc1Cl. The second-order valence-corrected chi connectivity index (χ2v) is 4.68. The Balaban J connectivity index is 2.62. The molecule has 0 radical (unpaired) electrons. The average Bonchev–Trinajstić information content (AvgIpc) is 2.29. The van der Waals surface area contributed by atoms with Gasteiger partial charge in [-0.2, -0.15) is 0 Å². The van der Waals surface area contributed by atoms with Crippen LogP contribution in [0.15, 0.2) is 6.07 Å². The zero-order valence-corrected chi connectivity index (χ0v) is 11.3. The topological polar surface area (TPSA) is 62.4 Å². The third-order valence-corrected chi connectivity index (χ3v) is 3.03. The Kier molecular flexibility index (Phi) is 5.82. The summed E-state index contributed by atoms with van der Waals surface area (Å²) in [6.45, 7) is 1.05. The lowest BCUT2D eigenvalue weighted by atomic mass is 10.2. The third-order valence-electron chi connectivity index (χ3n) is 2.45. The van der Waals surface area contributed by atoms with Gasteiger partial charge >= 0.3 is 0 Å². The van der Waals surface area contributed by atoms with Crippen LogP contribution in [0.5, 0.6) is 0 Å². The van der Waals surface area contributed by atoms with Crippen molar-refractivity contribution in [2.24, 2.45) is 0 Å². The molecule has 17 heavy (non-hydrogen) atoms. The van der Waals surface area contributed by atoms with Crippen molar-refractivity contribution in [3.8, 4) is 0 Å². The summed E-state index contributed by atoms with van der Waals surface area (Å²) in [6, 6.07) is 1.60. The van der Waals surface area contributed by atoms with Gasteiger partial charge in [0.15, 0.2) is 0 Å². The van der Waals surface area contributed by atoms with Gasteiger partial charge in [-0.1, -0.05) is 23.2 Å². The maximum absolute atomic E-state index is 8.68. The van der Waals surface area contributed by atoms with Crippen LogP contribution in [0.2, 0.25) is 10.0 Å². The lowest BCUT2D eigenvalue weighted by molar-refractivity contribution is 0.283. The molecule has 1 aromatic heterocycles. The van der Waals surface area contributed by atoms with Crippen LogP contribution in [0.25, 0.3) is 0 Å². The third kappa shape index (κ3) is 4.22. The van der Waals surface area contributed by atoms with Crippen LogP contribution < -0.4 is 10.6 Å². The first-order chi connectivity index (χ1) is 8.06. The molecule has 0 atom stereocenters. The number of hydrogen-bond donors (Lipinski definition) is 2. The van der Waals surface area contributed by atoms with E-state index >= 15 is 0 Å². The number of nitrogens with two attached hydrogens (primary N) is 1. The Bertz CT molecular complexity index is 374. The molecule has 0 spiro atoms. The van der Waals surface area contributed by atoms with Crippen LogP contribution in [-0.2, 0) is 0 Å². The zero-order chi connectivity index (χ0) is 12.8. The average molecular weight is 278 g/mol. The minimum atomic E-state index is 0.233. The number of aliphatic hydroxyl groups excluding tert-OH is 1. The van der Waals surface area contributed by atoms with Crippen molar-refractivity contribution < 1.29 is 5.11 Å². The molecule has 0 aromatic carbocycles. The van der Waals surface area contributed by atoms with Gasteiger partial charge in [-0.3, -0.25) is 0 Å². The van der Waals surface area contributed by atoms with Crippen LogP contribution in [0.3, 0.4) is 0 Å². The maximum Gasteiger partial charge on any atom is 0.149 e. The van der Waals surface area contributed by atoms with Crippen molar-refractivity contribution in [3.05, 3.63) is 16.1 Å². The monoisotopic (exact) mass is 277 g/mol. The first-order valence-electron chi connectivity index (χ1n) is 5.49. The quantitative estimate of drug-likeness (QED) is 0.785. The van der Waals surface area contributed by atoms with Crippen LogP contribution in [-0.4, -0.2) is 30.3 Å². The second-order valence-electron chi connectivity index (χ2n) is 3.87. The molecule has 3 N–H and O–H groups in total. The molecular formula is C11H17Cl2N3O. The molecule has 0 saturated heterocycles. The van der Waals surface area contributed by atoms with Gasteiger partial charge in [0.2, 0.25) is 0 Å². The Morgan fingerprint density at radius 2 is 2.00 bits per heavy atom. The molecule has 6 heteroatoms. The molecule has 4 nitrogen and oxygen atoms in total. The van der Waals surface area contributed by atoms with Crippen LogP contribution >= 0.6 is 23.2 Å². The molecule has 1 heterocycles. The van der Waals surface area contributed by atoms with Crippen molar-refractivity contribution in [3.63, 3.8) is 0 Å².